The molecular weight excluding hydrogens is 412 g/mol. The predicted octanol–water partition coefficient (Wildman–Crippen LogP) is 6.54. The highest BCUT2D eigenvalue weighted by molar-refractivity contribution is 8.13. The highest BCUT2D eigenvalue weighted by Crippen LogP contribution is 2.42. The molecule has 150 valence electrons. The fourth-order valence-electron chi connectivity index (χ4n) is 3.61. The van der Waals surface area contributed by atoms with Gasteiger partial charge in [-0.15, -0.1) is 11.8 Å². The Morgan fingerprint density at radius 1 is 1.07 bits per heavy atom. The van der Waals surface area contributed by atoms with Gasteiger partial charge in [0.2, 0.25) is 0 Å². The summed E-state index contributed by atoms with van der Waals surface area (Å²) in [6.45, 7) is 6.12. The zero-order chi connectivity index (χ0) is 20.5. The molecule has 0 aromatic heterocycles. The summed E-state index contributed by atoms with van der Waals surface area (Å²) in [5.74, 6) is -0.194. The fraction of sp³-hybridized carbons (Fsp3) is 0.409. The molecule has 0 amide bonds. The molecule has 3 rings (SSSR count). The lowest BCUT2D eigenvalue weighted by atomic mass is 9.77. The second kappa shape index (κ2) is 8.21. The van der Waals surface area contributed by atoms with Gasteiger partial charge in [0.05, 0.1) is 4.90 Å². The molecule has 0 atom stereocenters. The Morgan fingerprint density at radius 3 is 2.21 bits per heavy atom. The van der Waals surface area contributed by atoms with Crippen LogP contribution in [0, 0.1) is 5.41 Å². The SMILES string of the molecule is CC(=O)c1cc(S(=O)(=O)Cl)ccc1-c1ccc(SC2CCC(C)(C)CC2)cc1. The molecule has 0 aliphatic heterocycles. The largest absolute Gasteiger partial charge is 0.294 e. The van der Waals surface area contributed by atoms with Crippen molar-refractivity contribution < 1.29 is 13.2 Å². The maximum atomic E-state index is 12.1. The van der Waals surface area contributed by atoms with Crippen molar-refractivity contribution >= 4 is 37.3 Å². The molecule has 0 radical (unpaired) electrons. The number of thioether (sulfide) groups is 1. The van der Waals surface area contributed by atoms with Gasteiger partial charge in [0, 0.05) is 26.4 Å². The van der Waals surface area contributed by atoms with Crippen LogP contribution in [0.15, 0.2) is 52.3 Å². The molecule has 0 N–H and O–H groups in total. The molecular formula is C22H25ClO3S2. The van der Waals surface area contributed by atoms with Crippen LogP contribution in [0.25, 0.3) is 11.1 Å². The van der Waals surface area contributed by atoms with E-state index in [1.165, 1.54) is 49.6 Å². The number of Topliss-reactive ketones (excluding diaryl/α,β-unsaturated/α-hetero) is 1. The molecule has 0 saturated heterocycles. The zero-order valence-electron chi connectivity index (χ0n) is 16.4. The second-order valence-electron chi connectivity index (χ2n) is 8.21. The lowest BCUT2D eigenvalue weighted by molar-refractivity contribution is 0.101. The number of carbonyl (C=O) groups is 1. The van der Waals surface area contributed by atoms with E-state index in [9.17, 15) is 13.2 Å². The van der Waals surface area contributed by atoms with Crippen LogP contribution in [0.3, 0.4) is 0 Å². The van der Waals surface area contributed by atoms with Crippen molar-refractivity contribution in [2.45, 2.75) is 61.5 Å². The van der Waals surface area contributed by atoms with Crippen molar-refractivity contribution in [3.8, 4) is 11.1 Å². The maximum absolute atomic E-state index is 12.1. The average Bonchev–Trinajstić information content (AvgIpc) is 2.63. The van der Waals surface area contributed by atoms with Crippen LogP contribution >= 0.6 is 22.4 Å². The third-order valence-corrected chi connectivity index (χ3v) is 8.11. The first-order valence-corrected chi connectivity index (χ1v) is 12.6. The molecule has 1 saturated carbocycles. The quantitative estimate of drug-likeness (QED) is 0.394. The number of rotatable bonds is 5. The van der Waals surface area contributed by atoms with Crippen LogP contribution < -0.4 is 0 Å². The first kappa shape index (κ1) is 21.4. The van der Waals surface area contributed by atoms with Crippen molar-refractivity contribution in [2.24, 2.45) is 5.41 Å². The van der Waals surface area contributed by atoms with Gasteiger partial charge in [-0.2, -0.15) is 0 Å². The van der Waals surface area contributed by atoms with E-state index in [2.05, 4.69) is 26.0 Å². The van der Waals surface area contributed by atoms with E-state index in [-0.39, 0.29) is 10.7 Å². The summed E-state index contributed by atoms with van der Waals surface area (Å²) in [6.07, 6.45) is 5.01. The molecule has 2 aromatic rings. The number of halogens is 1. The molecule has 1 aliphatic carbocycles. The summed E-state index contributed by atoms with van der Waals surface area (Å²) in [5.41, 5.74) is 2.43. The summed E-state index contributed by atoms with van der Waals surface area (Å²) in [6, 6.07) is 12.6. The van der Waals surface area contributed by atoms with Crippen LogP contribution in [0.1, 0.15) is 56.8 Å². The molecule has 0 bridgehead atoms. The molecule has 28 heavy (non-hydrogen) atoms. The Labute approximate surface area is 176 Å². The third-order valence-electron chi connectivity index (χ3n) is 5.41. The number of ketones is 1. The van der Waals surface area contributed by atoms with Gasteiger partial charge >= 0.3 is 0 Å². The van der Waals surface area contributed by atoms with Gasteiger partial charge in [-0.3, -0.25) is 4.79 Å². The Kier molecular flexibility index (Phi) is 6.28. The van der Waals surface area contributed by atoms with E-state index >= 15 is 0 Å². The van der Waals surface area contributed by atoms with E-state index in [1.54, 1.807) is 6.07 Å². The van der Waals surface area contributed by atoms with Crippen molar-refractivity contribution in [2.75, 3.05) is 0 Å². The van der Waals surface area contributed by atoms with E-state index in [0.717, 1.165) is 5.56 Å². The summed E-state index contributed by atoms with van der Waals surface area (Å²) in [7, 11) is 1.55. The number of hydrogen-bond donors (Lipinski definition) is 0. The number of hydrogen-bond acceptors (Lipinski definition) is 4. The van der Waals surface area contributed by atoms with Crippen molar-refractivity contribution in [1.82, 2.24) is 0 Å². The Hall–Kier alpha value is -1.30. The van der Waals surface area contributed by atoms with Crippen LogP contribution in [0.2, 0.25) is 0 Å². The smallest absolute Gasteiger partial charge is 0.261 e. The summed E-state index contributed by atoms with van der Waals surface area (Å²) < 4.78 is 23.2. The lowest BCUT2D eigenvalue weighted by Gasteiger charge is -2.33. The highest BCUT2D eigenvalue weighted by atomic mass is 35.7. The van der Waals surface area contributed by atoms with E-state index < -0.39 is 9.05 Å². The molecule has 1 fully saturated rings. The molecule has 0 unspecified atom stereocenters. The minimum atomic E-state index is -3.87. The first-order valence-electron chi connectivity index (χ1n) is 9.42. The fourth-order valence-corrected chi connectivity index (χ4v) is 5.54. The monoisotopic (exact) mass is 436 g/mol. The lowest BCUT2D eigenvalue weighted by Crippen LogP contribution is -2.22. The topological polar surface area (TPSA) is 51.2 Å². The molecule has 3 nitrogen and oxygen atoms in total. The molecule has 0 heterocycles. The van der Waals surface area contributed by atoms with Crippen LogP contribution in [-0.4, -0.2) is 19.5 Å². The standard InChI is InChI=1S/C22H25ClO3S2/c1-15(24)21-14-19(28(23,25)26)8-9-20(21)16-4-6-17(7-5-16)27-18-10-12-22(2,3)13-11-18/h4-9,14,18H,10-13H2,1-3H3. The molecule has 6 heteroatoms. The van der Waals surface area contributed by atoms with Crippen molar-refractivity contribution in [3.05, 3.63) is 48.0 Å². The summed E-state index contributed by atoms with van der Waals surface area (Å²) in [4.78, 5) is 13.2. The van der Waals surface area contributed by atoms with Crippen molar-refractivity contribution in [1.29, 1.82) is 0 Å². The van der Waals surface area contributed by atoms with Gasteiger partial charge in [-0.25, -0.2) is 8.42 Å². The molecule has 2 aromatic carbocycles. The van der Waals surface area contributed by atoms with Gasteiger partial charge in [0.1, 0.15) is 0 Å². The Balaban J connectivity index is 1.81. The minimum Gasteiger partial charge on any atom is -0.294 e. The predicted molar refractivity (Wildman–Crippen MR) is 117 cm³/mol. The number of benzene rings is 2. The Bertz CT molecular complexity index is 969. The van der Waals surface area contributed by atoms with Gasteiger partial charge in [-0.05, 0) is 73.4 Å². The maximum Gasteiger partial charge on any atom is 0.261 e. The summed E-state index contributed by atoms with van der Waals surface area (Å²) in [5, 5.41) is 0.653. The number of carbonyl (C=O) groups excluding carboxylic acids is 1. The molecule has 1 aliphatic rings. The Morgan fingerprint density at radius 2 is 1.68 bits per heavy atom. The highest BCUT2D eigenvalue weighted by Gasteiger charge is 2.27. The van der Waals surface area contributed by atoms with Gasteiger partial charge < -0.3 is 0 Å². The van der Waals surface area contributed by atoms with E-state index in [4.69, 9.17) is 10.7 Å². The summed E-state index contributed by atoms with van der Waals surface area (Å²) >= 11 is 1.92. The van der Waals surface area contributed by atoms with Gasteiger partial charge in [-0.1, -0.05) is 32.0 Å². The van der Waals surface area contributed by atoms with Crippen LogP contribution in [-0.2, 0) is 9.05 Å². The average molecular weight is 437 g/mol. The van der Waals surface area contributed by atoms with Crippen molar-refractivity contribution in [3.63, 3.8) is 0 Å². The first-order chi connectivity index (χ1) is 13.0. The van der Waals surface area contributed by atoms with E-state index in [1.807, 2.05) is 23.9 Å². The third kappa shape index (κ3) is 5.19. The normalized spacial score (nSPS) is 17.4. The molecule has 0 spiro atoms. The van der Waals surface area contributed by atoms with E-state index in [0.29, 0.717) is 21.8 Å². The minimum absolute atomic E-state index is 0.0597. The van der Waals surface area contributed by atoms with Crippen LogP contribution in [0.5, 0.6) is 0 Å². The van der Waals surface area contributed by atoms with Gasteiger partial charge in [0.25, 0.3) is 9.05 Å². The second-order valence-corrected chi connectivity index (χ2v) is 12.1. The van der Waals surface area contributed by atoms with Crippen LogP contribution in [0.4, 0.5) is 0 Å². The zero-order valence-corrected chi connectivity index (χ0v) is 18.8. The van der Waals surface area contributed by atoms with Gasteiger partial charge in [0.15, 0.2) is 5.78 Å².